The predicted molar refractivity (Wildman–Crippen MR) is 98.0 cm³/mol. The van der Waals surface area contributed by atoms with Crippen molar-refractivity contribution in [1.29, 1.82) is 0 Å². The Bertz CT molecular complexity index is 679. The molecule has 25 heavy (non-hydrogen) atoms. The molecule has 2 amide bonds. The normalized spacial score (nSPS) is 38.2. The Morgan fingerprint density at radius 1 is 1.16 bits per heavy atom. The van der Waals surface area contributed by atoms with E-state index in [1.54, 1.807) is 0 Å². The Hall–Kier alpha value is -1.71. The summed E-state index contributed by atoms with van der Waals surface area (Å²) in [6.07, 6.45) is 7.77. The van der Waals surface area contributed by atoms with Gasteiger partial charge in [-0.2, -0.15) is 0 Å². The Kier molecular flexibility index (Phi) is 3.35. The van der Waals surface area contributed by atoms with Gasteiger partial charge in [-0.05, 0) is 87.8 Å². The maximum absolute atomic E-state index is 13.3. The smallest absolute Gasteiger partial charge is 0.322 e. The maximum atomic E-state index is 13.3. The van der Waals surface area contributed by atoms with Crippen LogP contribution in [0.15, 0.2) is 18.2 Å². The molecule has 0 radical (unpaired) electrons. The van der Waals surface area contributed by atoms with Crippen LogP contribution in [-0.4, -0.2) is 24.2 Å². The van der Waals surface area contributed by atoms with E-state index in [4.69, 9.17) is 4.74 Å². The summed E-state index contributed by atoms with van der Waals surface area (Å²) in [4.78, 5) is 15.2. The zero-order chi connectivity index (χ0) is 17.2. The van der Waals surface area contributed by atoms with Gasteiger partial charge < -0.3 is 10.1 Å². The molecule has 1 aliphatic heterocycles. The highest BCUT2D eigenvalue weighted by Crippen LogP contribution is 2.55. The van der Waals surface area contributed by atoms with Gasteiger partial charge in [-0.3, -0.25) is 4.90 Å². The first kappa shape index (κ1) is 15.5. The molecule has 4 bridgehead atoms. The monoisotopic (exact) mass is 340 g/mol. The van der Waals surface area contributed by atoms with Gasteiger partial charge in [0.25, 0.3) is 0 Å². The summed E-state index contributed by atoms with van der Waals surface area (Å²) in [5.74, 6) is 3.34. The summed E-state index contributed by atoms with van der Waals surface area (Å²) in [6, 6.07) is 6.18. The third kappa shape index (κ3) is 2.61. The number of carbonyl (C=O) groups excluding carboxylic acids is 1. The zero-order valence-corrected chi connectivity index (χ0v) is 15.3. The lowest BCUT2D eigenvalue weighted by Gasteiger charge is -2.57. The fourth-order valence-corrected chi connectivity index (χ4v) is 6.30. The predicted octanol–water partition coefficient (Wildman–Crippen LogP) is 4.26. The van der Waals surface area contributed by atoms with E-state index >= 15 is 0 Å². The van der Waals surface area contributed by atoms with E-state index in [1.165, 1.54) is 38.5 Å². The molecule has 0 saturated heterocycles. The Balaban J connectivity index is 1.41. The number of benzene rings is 1. The summed E-state index contributed by atoms with van der Waals surface area (Å²) < 4.78 is 5.94. The molecule has 4 heteroatoms. The minimum atomic E-state index is 0.0253. The van der Waals surface area contributed by atoms with Gasteiger partial charge >= 0.3 is 6.03 Å². The molecule has 4 nitrogen and oxygen atoms in total. The first-order chi connectivity index (χ1) is 12.0. The van der Waals surface area contributed by atoms with Gasteiger partial charge in [0.1, 0.15) is 11.9 Å². The molecule has 5 aliphatic rings. The van der Waals surface area contributed by atoms with E-state index in [0.717, 1.165) is 34.8 Å². The van der Waals surface area contributed by atoms with E-state index in [0.29, 0.717) is 6.54 Å². The first-order valence-electron chi connectivity index (χ1n) is 9.87. The molecule has 1 heterocycles. The van der Waals surface area contributed by atoms with Crippen LogP contribution in [0.25, 0.3) is 0 Å². The number of anilines is 1. The van der Waals surface area contributed by atoms with Crippen LogP contribution in [0.2, 0.25) is 0 Å². The van der Waals surface area contributed by atoms with Crippen molar-refractivity contribution in [2.45, 2.75) is 64.0 Å². The van der Waals surface area contributed by atoms with E-state index in [2.05, 4.69) is 18.3 Å². The Morgan fingerprint density at radius 2 is 1.80 bits per heavy atom. The van der Waals surface area contributed by atoms with Crippen LogP contribution in [0.5, 0.6) is 5.75 Å². The van der Waals surface area contributed by atoms with E-state index in [-0.39, 0.29) is 17.7 Å². The second-order valence-electron chi connectivity index (χ2n) is 9.14. The van der Waals surface area contributed by atoms with Crippen LogP contribution in [0.3, 0.4) is 0 Å². The molecule has 0 aromatic heterocycles. The third-order valence-corrected chi connectivity index (χ3v) is 6.83. The van der Waals surface area contributed by atoms with Crippen molar-refractivity contribution < 1.29 is 9.53 Å². The first-order valence-corrected chi connectivity index (χ1v) is 9.87. The summed E-state index contributed by atoms with van der Waals surface area (Å²) >= 11 is 0. The lowest BCUT2D eigenvalue weighted by atomic mass is 9.53. The van der Waals surface area contributed by atoms with Crippen LogP contribution in [0.1, 0.15) is 51.0 Å². The Labute approximate surface area is 149 Å². The van der Waals surface area contributed by atoms with E-state index in [9.17, 15) is 4.79 Å². The highest BCUT2D eigenvalue weighted by molar-refractivity contribution is 5.94. The van der Waals surface area contributed by atoms with Gasteiger partial charge in [-0.25, -0.2) is 4.79 Å². The van der Waals surface area contributed by atoms with Crippen molar-refractivity contribution >= 4 is 11.7 Å². The molecule has 4 saturated carbocycles. The standard InChI is InChI=1S/C21H28N2O2/c1-13-3-4-19-18(5-13)23(12-14(2)25-19)20(24)22-21-9-15-6-16(10-21)8-17(7-15)11-21/h3-5,14-17H,6-12H2,1-2H3,(H,22,24). The van der Waals surface area contributed by atoms with Crippen LogP contribution in [0, 0.1) is 24.7 Å². The molecule has 4 fully saturated rings. The van der Waals surface area contributed by atoms with Crippen LogP contribution >= 0.6 is 0 Å². The van der Waals surface area contributed by atoms with E-state index < -0.39 is 0 Å². The summed E-state index contributed by atoms with van der Waals surface area (Å²) in [6.45, 7) is 4.72. The van der Waals surface area contributed by atoms with Gasteiger partial charge in [-0.1, -0.05) is 6.07 Å². The fraction of sp³-hybridized carbons (Fsp3) is 0.667. The average Bonchev–Trinajstić information content (AvgIpc) is 2.52. The number of nitrogens with zero attached hydrogens (tertiary/aromatic N) is 1. The van der Waals surface area contributed by atoms with Gasteiger partial charge in [-0.15, -0.1) is 0 Å². The molecular weight excluding hydrogens is 312 g/mol. The second kappa shape index (κ2) is 5.39. The Morgan fingerprint density at radius 3 is 2.44 bits per heavy atom. The number of urea groups is 1. The largest absolute Gasteiger partial charge is 0.487 e. The molecule has 1 N–H and O–H groups in total. The quantitative estimate of drug-likeness (QED) is 0.830. The lowest BCUT2D eigenvalue weighted by molar-refractivity contribution is -0.0132. The molecular formula is C21H28N2O2. The van der Waals surface area contributed by atoms with Gasteiger partial charge in [0.05, 0.1) is 12.2 Å². The highest BCUT2D eigenvalue weighted by atomic mass is 16.5. The molecule has 6 rings (SSSR count). The number of ether oxygens (including phenoxy) is 1. The van der Waals surface area contributed by atoms with Crippen LogP contribution in [0.4, 0.5) is 10.5 Å². The minimum Gasteiger partial charge on any atom is -0.487 e. The molecule has 1 aromatic rings. The van der Waals surface area contributed by atoms with Crippen molar-refractivity contribution in [3.05, 3.63) is 23.8 Å². The summed E-state index contributed by atoms with van der Waals surface area (Å²) in [5, 5.41) is 3.51. The van der Waals surface area contributed by atoms with Gasteiger partial charge in [0.15, 0.2) is 0 Å². The highest BCUT2D eigenvalue weighted by Gasteiger charge is 2.52. The number of hydrogen-bond acceptors (Lipinski definition) is 2. The number of rotatable bonds is 1. The summed E-state index contributed by atoms with van der Waals surface area (Å²) in [5.41, 5.74) is 2.13. The van der Waals surface area contributed by atoms with E-state index in [1.807, 2.05) is 24.0 Å². The lowest BCUT2D eigenvalue weighted by Crippen LogP contribution is -2.62. The molecule has 0 spiro atoms. The van der Waals surface area contributed by atoms with Crippen molar-refractivity contribution in [2.75, 3.05) is 11.4 Å². The number of carbonyl (C=O) groups is 1. The SMILES string of the molecule is Cc1ccc2c(c1)N(C(=O)NC13CC4CC(CC(C4)C1)C3)CC(C)O2. The number of fused-ring (bicyclic) bond motifs is 1. The van der Waals surface area contributed by atoms with Crippen LogP contribution in [-0.2, 0) is 0 Å². The van der Waals surface area contributed by atoms with Crippen molar-refractivity contribution in [3.8, 4) is 5.75 Å². The molecule has 1 atom stereocenters. The number of amides is 2. The number of hydrogen-bond donors (Lipinski definition) is 1. The third-order valence-electron chi connectivity index (χ3n) is 6.83. The van der Waals surface area contributed by atoms with Gasteiger partial charge in [0.2, 0.25) is 0 Å². The second-order valence-corrected chi connectivity index (χ2v) is 9.14. The zero-order valence-electron chi connectivity index (χ0n) is 15.3. The van der Waals surface area contributed by atoms with Gasteiger partial charge in [0, 0.05) is 5.54 Å². The topological polar surface area (TPSA) is 41.6 Å². The number of nitrogens with one attached hydrogen (secondary N) is 1. The van der Waals surface area contributed by atoms with Crippen molar-refractivity contribution in [3.63, 3.8) is 0 Å². The summed E-state index contributed by atoms with van der Waals surface area (Å²) in [7, 11) is 0. The molecule has 4 aliphatic carbocycles. The molecule has 134 valence electrons. The molecule has 1 aromatic carbocycles. The molecule has 1 unspecified atom stereocenters. The minimum absolute atomic E-state index is 0.0253. The maximum Gasteiger partial charge on any atom is 0.322 e. The van der Waals surface area contributed by atoms with Crippen molar-refractivity contribution in [2.24, 2.45) is 17.8 Å². The van der Waals surface area contributed by atoms with Crippen molar-refractivity contribution in [1.82, 2.24) is 5.32 Å². The fourth-order valence-electron chi connectivity index (χ4n) is 6.30. The van der Waals surface area contributed by atoms with Crippen LogP contribution < -0.4 is 15.0 Å². The number of aryl methyl sites for hydroxylation is 1. The average molecular weight is 340 g/mol.